The van der Waals surface area contributed by atoms with Crippen molar-refractivity contribution in [3.05, 3.63) is 24.0 Å². The summed E-state index contributed by atoms with van der Waals surface area (Å²) in [6, 6.07) is 3.26. The fourth-order valence-corrected chi connectivity index (χ4v) is 5.04. The summed E-state index contributed by atoms with van der Waals surface area (Å²) in [5, 5.41) is 0. The Balaban J connectivity index is 1.87. The molecular formula is C22H28N2O8S. The average Bonchev–Trinajstić information content (AvgIpc) is 2.77. The van der Waals surface area contributed by atoms with Crippen molar-refractivity contribution in [2.45, 2.75) is 63.8 Å². The quantitative estimate of drug-likeness (QED) is 0.441. The van der Waals surface area contributed by atoms with Gasteiger partial charge in [0.15, 0.2) is 35.2 Å². The largest absolute Gasteiger partial charge is 0.473 e. The molecule has 0 N–H and O–H groups in total. The maximum absolute atomic E-state index is 13.1. The summed E-state index contributed by atoms with van der Waals surface area (Å²) in [5.74, 6) is -1.57. The Morgan fingerprint density at radius 3 is 2.21 bits per heavy atom. The number of hydrogen-bond acceptors (Lipinski definition) is 10. The van der Waals surface area contributed by atoms with Gasteiger partial charge in [0.25, 0.3) is 5.91 Å². The minimum atomic E-state index is -1.08. The molecule has 180 valence electrons. The number of pyridine rings is 1. The number of likely N-dealkylation sites (tertiary alicyclic amines) is 1. The molecule has 2 aliphatic heterocycles. The summed E-state index contributed by atoms with van der Waals surface area (Å²) in [6.45, 7) is 4.98. The maximum Gasteiger partial charge on any atom is 0.303 e. The first kappa shape index (κ1) is 24.8. The lowest BCUT2D eigenvalue weighted by molar-refractivity contribution is -0.186. The summed E-state index contributed by atoms with van der Waals surface area (Å²) in [6.07, 6.45) is 1.49. The number of thioether (sulfide) groups is 1. The van der Waals surface area contributed by atoms with Crippen molar-refractivity contribution in [2.75, 3.05) is 18.8 Å². The summed E-state index contributed by atoms with van der Waals surface area (Å²) in [7, 11) is 0. The van der Waals surface area contributed by atoms with E-state index >= 15 is 0 Å². The van der Waals surface area contributed by atoms with Gasteiger partial charge in [0, 0.05) is 45.8 Å². The number of hydrogen-bond donors (Lipinski definition) is 0. The van der Waals surface area contributed by atoms with Gasteiger partial charge in [0.2, 0.25) is 0 Å². The molecule has 10 nitrogen and oxygen atoms in total. The summed E-state index contributed by atoms with van der Waals surface area (Å²) >= 11 is 1.22. The Morgan fingerprint density at radius 2 is 1.58 bits per heavy atom. The summed E-state index contributed by atoms with van der Waals surface area (Å²) in [5.41, 5.74) is -0.671. The zero-order valence-corrected chi connectivity index (χ0v) is 19.7. The number of ether oxygens (including phenoxy) is 4. The van der Waals surface area contributed by atoms with E-state index < -0.39 is 41.7 Å². The number of piperidine rings is 1. The van der Waals surface area contributed by atoms with Gasteiger partial charge in [-0.2, -0.15) is 0 Å². The van der Waals surface area contributed by atoms with Crippen molar-refractivity contribution in [1.29, 1.82) is 0 Å². The molecular weight excluding hydrogens is 452 g/mol. The van der Waals surface area contributed by atoms with E-state index in [0.29, 0.717) is 13.1 Å². The van der Waals surface area contributed by atoms with Gasteiger partial charge in [-0.25, -0.2) is 4.98 Å². The molecule has 2 fully saturated rings. The van der Waals surface area contributed by atoms with Crippen LogP contribution in [0.25, 0.3) is 0 Å². The molecule has 3 rings (SSSR count). The van der Waals surface area contributed by atoms with Crippen LogP contribution in [-0.2, 0) is 28.6 Å². The van der Waals surface area contributed by atoms with Gasteiger partial charge in [0.05, 0.1) is 0 Å². The Hall–Kier alpha value is -2.82. The Bertz CT molecular complexity index is 889. The Labute approximate surface area is 196 Å². The van der Waals surface area contributed by atoms with Gasteiger partial charge in [-0.05, 0) is 31.4 Å². The second-order valence-corrected chi connectivity index (χ2v) is 8.95. The topological polar surface area (TPSA) is 121 Å². The molecule has 2 aliphatic rings. The van der Waals surface area contributed by atoms with Crippen molar-refractivity contribution in [3.63, 3.8) is 0 Å². The summed E-state index contributed by atoms with van der Waals surface area (Å²) in [4.78, 5) is 54.2. The van der Waals surface area contributed by atoms with Crippen LogP contribution in [0.3, 0.4) is 0 Å². The lowest BCUT2D eigenvalue weighted by atomic mass is 10.1. The molecule has 0 radical (unpaired) electrons. The van der Waals surface area contributed by atoms with Gasteiger partial charge in [-0.15, -0.1) is 11.8 Å². The van der Waals surface area contributed by atoms with Crippen LogP contribution in [-0.4, -0.2) is 76.3 Å². The van der Waals surface area contributed by atoms with Crippen LogP contribution >= 0.6 is 11.8 Å². The fourth-order valence-electron chi connectivity index (χ4n) is 3.83. The van der Waals surface area contributed by atoms with Gasteiger partial charge < -0.3 is 23.8 Å². The molecule has 0 unspecified atom stereocenters. The second kappa shape index (κ2) is 11.4. The van der Waals surface area contributed by atoms with Crippen LogP contribution in [0.5, 0.6) is 5.75 Å². The molecule has 0 aromatic carbocycles. The Morgan fingerprint density at radius 1 is 0.939 bits per heavy atom. The van der Waals surface area contributed by atoms with E-state index in [2.05, 4.69) is 4.98 Å². The highest BCUT2D eigenvalue weighted by atomic mass is 32.2. The van der Waals surface area contributed by atoms with Crippen molar-refractivity contribution in [1.82, 2.24) is 9.88 Å². The smallest absolute Gasteiger partial charge is 0.303 e. The van der Waals surface area contributed by atoms with E-state index in [1.807, 2.05) is 0 Å². The van der Waals surface area contributed by atoms with Crippen LogP contribution < -0.4 is 4.74 Å². The van der Waals surface area contributed by atoms with Gasteiger partial charge in [0.1, 0.15) is 0 Å². The van der Waals surface area contributed by atoms with Crippen LogP contribution in [0.4, 0.5) is 0 Å². The predicted octanol–water partition coefficient (Wildman–Crippen LogP) is 1.95. The van der Waals surface area contributed by atoms with Gasteiger partial charge in [-0.3, -0.25) is 19.2 Å². The van der Waals surface area contributed by atoms with Gasteiger partial charge >= 0.3 is 17.9 Å². The zero-order chi connectivity index (χ0) is 24.0. The van der Waals surface area contributed by atoms with Crippen LogP contribution in [0.2, 0.25) is 0 Å². The minimum absolute atomic E-state index is 0.160. The third-order valence-corrected chi connectivity index (χ3v) is 6.38. The number of carbonyl (C=O) groups excluding carboxylic acids is 4. The number of amides is 1. The zero-order valence-electron chi connectivity index (χ0n) is 18.9. The number of aromatic nitrogens is 1. The molecule has 0 saturated carbocycles. The molecule has 1 aromatic heterocycles. The molecule has 0 aliphatic carbocycles. The van der Waals surface area contributed by atoms with Crippen LogP contribution in [0.1, 0.15) is 50.5 Å². The normalized spacial score (nSPS) is 25.0. The predicted molar refractivity (Wildman–Crippen MR) is 118 cm³/mol. The SMILES string of the molecule is CC(=O)O[C@@H]1[C@@H](OC(C)=O)[C@H](OC(C)=O)CS[C@H]1Oc1cccnc1C(=O)N1CCCCC1. The maximum atomic E-state index is 13.1. The molecule has 2 saturated heterocycles. The standard InChI is InChI=1S/C22H28N2O8S/c1-13(25)29-17-12-33-22(20(31-15(3)27)19(17)30-14(2)26)32-16-8-7-9-23-18(16)21(28)24-10-5-4-6-11-24/h7-9,17,19-20,22H,4-6,10-12H2,1-3H3/t17-,19+,20-,22-/m1/s1. The second-order valence-electron chi connectivity index (χ2n) is 7.82. The molecule has 3 heterocycles. The van der Waals surface area contributed by atoms with E-state index in [1.165, 1.54) is 38.7 Å². The average molecular weight is 481 g/mol. The highest BCUT2D eigenvalue weighted by molar-refractivity contribution is 7.99. The molecule has 33 heavy (non-hydrogen) atoms. The van der Waals surface area contributed by atoms with E-state index in [-0.39, 0.29) is 23.1 Å². The Kier molecular flexibility index (Phi) is 8.54. The minimum Gasteiger partial charge on any atom is -0.473 e. The molecule has 0 spiro atoms. The fraction of sp³-hybridized carbons (Fsp3) is 0.591. The monoisotopic (exact) mass is 480 g/mol. The highest BCUT2D eigenvalue weighted by Gasteiger charge is 2.48. The third-order valence-electron chi connectivity index (χ3n) is 5.16. The number of rotatable bonds is 6. The van der Waals surface area contributed by atoms with Crippen molar-refractivity contribution >= 4 is 35.6 Å². The van der Waals surface area contributed by atoms with Crippen LogP contribution in [0, 0.1) is 0 Å². The molecule has 1 aromatic rings. The van der Waals surface area contributed by atoms with E-state index in [1.54, 1.807) is 17.0 Å². The van der Waals surface area contributed by atoms with Crippen molar-refractivity contribution in [2.24, 2.45) is 0 Å². The highest BCUT2D eigenvalue weighted by Crippen LogP contribution is 2.35. The van der Waals surface area contributed by atoms with Crippen LogP contribution in [0.15, 0.2) is 18.3 Å². The molecule has 0 bridgehead atoms. The molecule has 4 atom stereocenters. The first-order valence-corrected chi connectivity index (χ1v) is 11.9. The first-order valence-electron chi connectivity index (χ1n) is 10.8. The number of carbonyl (C=O) groups is 4. The third kappa shape index (κ3) is 6.59. The van der Waals surface area contributed by atoms with Crippen molar-refractivity contribution in [3.8, 4) is 5.75 Å². The summed E-state index contributed by atoms with van der Waals surface area (Å²) < 4.78 is 22.3. The number of nitrogens with zero attached hydrogens (tertiary/aromatic N) is 2. The van der Waals surface area contributed by atoms with E-state index in [4.69, 9.17) is 18.9 Å². The molecule has 1 amide bonds. The lowest BCUT2D eigenvalue weighted by Crippen LogP contribution is -2.55. The van der Waals surface area contributed by atoms with Crippen molar-refractivity contribution < 1.29 is 38.1 Å². The number of esters is 3. The van der Waals surface area contributed by atoms with E-state index in [9.17, 15) is 19.2 Å². The lowest BCUT2D eigenvalue weighted by Gasteiger charge is -2.40. The first-order chi connectivity index (χ1) is 15.8. The van der Waals surface area contributed by atoms with E-state index in [0.717, 1.165) is 19.3 Å². The van der Waals surface area contributed by atoms with Gasteiger partial charge in [-0.1, -0.05) is 0 Å². The molecule has 11 heteroatoms.